The maximum Gasteiger partial charge on any atom is 0.261 e. The Bertz CT molecular complexity index is 934. The number of ether oxygens (including phenoxy) is 1. The maximum atomic E-state index is 12.0. The molecule has 26 heavy (non-hydrogen) atoms. The van der Waals surface area contributed by atoms with Gasteiger partial charge in [-0.15, -0.1) is 16.4 Å². The summed E-state index contributed by atoms with van der Waals surface area (Å²) in [4.78, 5) is 29.7. The van der Waals surface area contributed by atoms with Crippen LogP contribution in [0.5, 0.6) is 5.75 Å². The largest absolute Gasteiger partial charge is 0.496 e. The fourth-order valence-corrected chi connectivity index (χ4v) is 3.04. The predicted molar refractivity (Wildman–Crippen MR) is 98.4 cm³/mol. The summed E-state index contributed by atoms with van der Waals surface area (Å²) in [5.74, 6) is 0.521. The highest BCUT2D eigenvalue weighted by Crippen LogP contribution is 2.26. The number of H-pyrrole nitrogens is 1. The summed E-state index contributed by atoms with van der Waals surface area (Å²) < 4.78 is 5.28. The number of benzene rings is 1. The van der Waals surface area contributed by atoms with E-state index in [0.29, 0.717) is 16.5 Å². The Morgan fingerprint density at radius 2 is 2.04 bits per heavy atom. The minimum Gasteiger partial charge on any atom is -0.496 e. The molecule has 0 unspecified atom stereocenters. The fourth-order valence-electron chi connectivity index (χ4n) is 2.25. The zero-order valence-electron chi connectivity index (χ0n) is 14.2. The maximum absolute atomic E-state index is 12.0. The van der Waals surface area contributed by atoms with Crippen molar-refractivity contribution in [2.75, 3.05) is 19.0 Å². The van der Waals surface area contributed by atoms with Crippen LogP contribution in [0.25, 0.3) is 11.4 Å². The first-order chi connectivity index (χ1) is 12.6. The van der Waals surface area contributed by atoms with Crippen molar-refractivity contribution in [2.45, 2.75) is 6.92 Å². The van der Waals surface area contributed by atoms with Crippen molar-refractivity contribution in [3.05, 3.63) is 46.2 Å². The average Bonchev–Trinajstić information content (AvgIpc) is 3.28. The Balaban J connectivity index is 1.58. The second kappa shape index (κ2) is 7.79. The zero-order chi connectivity index (χ0) is 18.5. The van der Waals surface area contributed by atoms with Gasteiger partial charge in [0.2, 0.25) is 11.9 Å². The topological polar surface area (TPSA) is 109 Å². The summed E-state index contributed by atoms with van der Waals surface area (Å²) in [5, 5.41) is 11.8. The molecule has 0 radical (unpaired) electrons. The Hall–Kier alpha value is -3.20. The minimum atomic E-state index is -0.419. The van der Waals surface area contributed by atoms with Gasteiger partial charge in [0, 0.05) is 4.88 Å². The number of para-hydroxylation sites is 1. The molecule has 0 fully saturated rings. The molecule has 2 amide bonds. The van der Waals surface area contributed by atoms with Crippen molar-refractivity contribution in [1.29, 1.82) is 0 Å². The molecule has 3 aromatic rings. The van der Waals surface area contributed by atoms with Gasteiger partial charge in [-0.1, -0.05) is 12.1 Å². The molecule has 2 heterocycles. The molecule has 134 valence electrons. The SMILES string of the molecule is COc1ccccc1-c1nc(NC(=O)CNC(=O)c2ccc(C)s2)n[nH]1. The quantitative estimate of drug-likeness (QED) is 0.616. The van der Waals surface area contributed by atoms with E-state index >= 15 is 0 Å². The van der Waals surface area contributed by atoms with Crippen LogP contribution in [0.2, 0.25) is 0 Å². The minimum absolute atomic E-state index is 0.122. The number of hydrogen-bond donors (Lipinski definition) is 3. The van der Waals surface area contributed by atoms with Gasteiger partial charge in [-0.2, -0.15) is 4.98 Å². The molecule has 2 aromatic heterocycles. The lowest BCUT2D eigenvalue weighted by Gasteiger charge is -2.04. The molecule has 0 aliphatic heterocycles. The van der Waals surface area contributed by atoms with Gasteiger partial charge in [0.1, 0.15) is 5.75 Å². The number of aromatic nitrogens is 3. The molecule has 0 spiro atoms. The highest BCUT2D eigenvalue weighted by atomic mass is 32.1. The molecule has 0 saturated heterocycles. The first-order valence-corrected chi connectivity index (χ1v) is 8.58. The third-order valence-corrected chi connectivity index (χ3v) is 4.47. The van der Waals surface area contributed by atoms with Crippen molar-refractivity contribution >= 4 is 29.1 Å². The second-order valence-electron chi connectivity index (χ2n) is 5.35. The van der Waals surface area contributed by atoms with Crippen LogP contribution in [-0.2, 0) is 4.79 Å². The van der Waals surface area contributed by atoms with Gasteiger partial charge >= 0.3 is 0 Å². The third kappa shape index (κ3) is 4.06. The van der Waals surface area contributed by atoms with Gasteiger partial charge in [-0.05, 0) is 31.2 Å². The molecular weight excluding hydrogens is 354 g/mol. The lowest BCUT2D eigenvalue weighted by atomic mass is 10.2. The number of methoxy groups -OCH3 is 1. The van der Waals surface area contributed by atoms with E-state index in [1.807, 2.05) is 31.2 Å². The average molecular weight is 371 g/mol. The number of nitrogens with zero attached hydrogens (tertiary/aromatic N) is 2. The number of thiophene rings is 1. The first-order valence-electron chi connectivity index (χ1n) is 7.77. The molecule has 0 aliphatic carbocycles. The predicted octanol–water partition coefficient (Wildman–Crippen LogP) is 2.22. The highest BCUT2D eigenvalue weighted by molar-refractivity contribution is 7.13. The highest BCUT2D eigenvalue weighted by Gasteiger charge is 2.13. The number of carbonyl (C=O) groups excluding carboxylic acids is 2. The van der Waals surface area contributed by atoms with Crippen LogP contribution in [0.4, 0.5) is 5.95 Å². The third-order valence-electron chi connectivity index (χ3n) is 3.47. The van der Waals surface area contributed by atoms with Crippen LogP contribution in [0, 0.1) is 6.92 Å². The van der Waals surface area contributed by atoms with Crippen molar-refractivity contribution in [2.24, 2.45) is 0 Å². The van der Waals surface area contributed by atoms with E-state index in [2.05, 4.69) is 25.8 Å². The van der Waals surface area contributed by atoms with Gasteiger partial charge in [-0.3, -0.25) is 20.0 Å². The van der Waals surface area contributed by atoms with Crippen LogP contribution in [0.15, 0.2) is 36.4 Å². The number of amides is 2. The molecule has 0 bridgehead atoms. The van der Waals surface area contributed by atoms with Crippen LogP contribution in [0.3, 0.4) is 0 Å². The summed E-state index contributed by atoms with van der Waals surface area (Å²) >= 11 is 1.37. The zero-order valence-corrected chi connectivity index (χ0v) is 15.0. The van der Waals surface area contributed by atoms with Crippen molar-refractivity contribution in [3.8, 4) is 17.1 Å². The van der Waals surface area contributed by atoms with Gasteiger partial charge in [0.05, 0.1) is 24.1 Å². The number of anilines is 1. The van der Waals surface area contributed by atoms with Crippen molar-refractivity contribution in [3.63, 3.8) is 0 Å². The lowest BCUT2D eigenvalue weighted by molar-refractivity contribution is -0.115. The number of rotatable bonds is 6. The molecular formula is C17H17N5O3S. The summed E-state index contributed by atoms with van der Waals surface area (Å²) in [6, 6.07) is 10.9. The Kier molecular flexibility index (Phi) is 5.28. The van der Waals surface area contributed by atoms with E-state index in [4.69, 9.17) is 4.74 Å². The van der Waals surface area contributed by atoms with Crippen LogP contribution < -0.4 is 15.4 Å². The Morgan fingerprint density at radius 3 is 2.77 bits per heavy atom. The molecule has 1 aromatic carbocycles. The van der Waals surface area contributed by atoms with Gasteiger partial charge < -0.3 is 10.1 Å². The van der Waals surface area contributed by atoms with Gasteiger partial charge in [-0.25, -0.2) is 0 Å². The smallest absolute Gasteiger partial charge is 0.261 e. The molecule has 8 nitrogen and oxygen atoms in total. The lowest BCUT2D eigenvalue weighted by Crippen LogP contribution is -2.32. The number of hydrogen-bond acceptors (Lipinski definition) is 6. The van der Waals surface area contributed by atoms with Gasteiger partial charge in [0.25, 0.3) is 5.91 Å². The van der Waals surface area contributed by atoms with Crippen molar-refractivity contribution < 1.29 is 14.3 Å². The van der Waals surface area contributed by atoms with E-state index in [9.17, 15) is 9.59 Å². The van der Waals surface area contributed by atoms with E-state index in [-0.39, 0.29) is 18.4 Å². The molecule has 3 N–H and O–H groups in total. The number of aryl methyl sites for hydroxylation is 1. The van der Waals surface area contributed by atoms with Crippen LogP contribution in [0.1, 0.15) is 14.5 Å². The summed E-state index contributed by atoms with van der Waals surface area (Å²) in [6.07, 6.45) is 0. The molecule has 0 saturated carbocycles. The van der Waals surface area contributed by atoms with Crippen LogP contribution >= 0.6 is 11.3 Å². The number of aromatic amines is 1. The van der Waals surface area contributed by atoms with Crippen molar-refractivity contribution in [1.82, 2.24) is 20.5 Å². The standard InChI is InChI=1S/C17H17N5O3S/c1-10-7-8-13(26-10)16(24)18-9-14(23)19-17-20-15(21-22-17)11-5-3-4-6-12(11)25-2/h3-8H,9H2,1-2H3,(H,18,24)(H2,19,20,21,22,23). The number of carbonyl (C=O) groups is 2. The Labute approximate surface area is 153 Å². The van der Waals surface area contributed by atoms with E-state index in [0.717, 1.165) is 10.4 Å². The number of nitrogens with one attached hydrogen (secondary N) is 3. The van der Waals surface area contributed by atoms with Crippen LogP contribution in [-0.4, -0.2) is 40.7 Å². The normalized spacial score (nSPS) is 10.4. The molecule has 0 atom stereocenters. The molecule has 0 aliphatic rings. The van der Waals surface area contributed by atoms with E-state index < -0.39 is 5.91 Å². The fraction of sp³-hybridized carbons (Fsp3) is 0.176. The summed E-state index contributed by atoms with van der Waals surface area (Å²) in [6.45, 7) is 1.74. The molecule has 3 rings (SSSR count). The summed E-state index contributed by atoms with van der Waals surface area (Å²) in [5.41, 5.74) is 0.726. The van der Waals surface area contributed by atoms with Gasteiger partial charge in [0.15, 0.2) is 5.82 Å². The monoisotopic (exact) mass is 371 g/mol. The van der Waals surface area contributed by atoms with E-state index in [1.165, 1.54) is 11.3 Å². The van der Waals surface area contributed by atoms with E-state index in [1.54, 1.807) is 19.2 Å². The second-order valence-corrected chi connectivity index (χ2v) is 6.64. The summed E-state index contributed by atoms with van der Waals surface area (Å²) in [7, 11) is 1.57. The molecule has 9 heteroatoms. The Morgan fingerprint density at radius 1 is 1.23 bits per heavy atom. The first kappa shape index (κ1) is 17.6.